The summed E-state index contributed by atoms with van der Waals surface area (Å²) in [7, 11) is 0. The van der Waals surface area contributed by atoms with Crippen molar-refractivity contribution < 1.29 is 9.53 Å². The zero-order valence-corrected chi connectivity index (χ0v) is 6.05. The van der Waals surface area contributed by atoms with Crippen molar-refractivity contribution in [2.45, 2.75) is 26.9 Å². The van der Waals surface area contributed by atoms with Crippen LogP contribution in [-0.2, 0) is 9.53 Å². The highest BCUT2D eigenvalue weighted by molar-refractivity contribution is 5.74. The molecule has 0 bridgehead atoms. The Hall–Kier alpha value is -0.530. The fourth-order valence-electron chi connectivity index (χ4n) is 1.02. The van der Waals surface area contributed by atoms with E-state index in [0.717, 1.165) is 0 Å². The predicted molar refractivity (Wildman–Crippen MR) is 33.9 cm³/mol. The molecule has 1 aliphatic rings. The second-order valence-corrected chi connectivity index (χ2v) is 2.79. The Morgan fingerprint density at radius 3 is 2.00 bits per heavy atom. The van der Waals surface area contributed by atoms with Crippen molar-refractivity contribution in [3.8, 4) is 0 Å². The molecule has 0 saturated carbocycles. The van der Waals surface area contributed by atoms with Crippen LogP contribution in [0.5, 0.6) is 0 Å². The van der Waals surface area contributed by atoms with Crippen LogP contribution in [0.4, 0.5) is 0 Å². The van der Waals surface area contributed by atoms with E-state index in [2.05, 4.69) is 0 Å². The Kier molecular flexibility index (Phi) is 1.47. The highest BCUT2D eigenvalue weighted by Crippen LogP contribution is 2.26. The van der Waals surface area contributed by atoms with E-state index in [1.165, 1.54) is 0 Å². The van der Waals surface area contributed by atoms with Crippen molar-refractivity contribution in [2.75, 3.05) is 0 Å². The average molecular weight is 128 g/mol. The van der Waals surface area contributed by atoms with E-state index < -0.39 is 0 Å². The fourth-order valence-corrected chi connectivity index (χ4v) is 1.02. The molecule has 1 heterocycles. The molecule has 2 nitrogen and oxygen atoms in total. The molecule has 0 aromatic heterocycles. The van der Waals surface area contributed by atoms with E-state index in [1.54, 1.807) is 0 Å². The molecule has 0 aliphatic carbocycles. The minimum absolute atomic E-state index is 0.0463. The van der Waals surface area contributed by atoms with Gasteiger partial charge in [-0.05, 0) is 6.92 Å². The van der Waals surface area contributed by atoms with Gasteiger partial charge in [0, 0.05) is 5.92 Å². The molecule has 1 aliphatic heterocycles. The molecule has 2 heteroatoms. The van der Waals surface area contributed by atoms with Gasteiger partial charge in [-0.25, -0.2) is 0 Å². The summed E-state index contributed by atoms with van der Waals surface area (Å²) in [6.07, 6.45) is 0.118. The molecule has 1 rings (SSSR count). The van der Waals surface area contributed by atoms with Crippen LogP contribution in [0, 0.1) is 11.8 Å². The first-order chi connectivity index (χ1) is 4.13. The van der Waals surface area contributed by atoms with Gasteiger partial charge in [0.1, 0.15) is 6.10 Å². The first-order valence-electron chi connectivity index (χ1n) is 3.33. The minimum Gasteiger partial charge on any atom is -0.462 e. The molecule has 1 saturated heterocycles. The molecule has 0 spiro atoms. The van der Waals surface area contributed by atoms with Gasteiger partial charge in [-0.3, -0.25) is 4.79 Å². The molecular formula is C7H12O2. The summed E-state index contributed by atoms with van der Waals surface area (Å²) in [5, 5.41) is 0. The smallest absolute Gasteiger partial charge is 0.309 e. The normalized spacial score (nSPS) is 43.0. The van der Waals surface area contributed by atoms with E-state index in [1.807, 2.05) is 20.8 Å². The van der Waals surface area contributed by atoms with Gasteiger partial charge in [0.15, 0.2) is 0 Å². The Morgan fingerprint density at radius 1 is 1.33 bits per heavy atom. The molecule has 52 valence electrons. The maximum absolute atomic E-state index is 10.8. The summed E-state index contributed by atoms with van der Waals surface area (Å²) in [6.45, 7) is 5.89. The third-order valence-electron chi connectivity index (χ3n) is 2.20. The number of ether oxygens (including phenoxy) is 1. The summed E-state index contributed by atoms with van der Waals surface area (Å²) in [6, 6.07) is 0. The van der Waals surface area contributed by atoms with E-state index >= 15 is 0 Å². The molecule has 0 unspecified atom stereocenters. The van der Waals surface area contributed by atoms with Gasteiger partial charge in [0.05, 0.1) is 5.92 Å². The third kappa shape index (κ3) is 0.934. The molecule has 0 aromatic carbocycles. The molecule has 9 heavy (non-hydrogen) atoms. The van der Waals surface area contributed by atoms with Crippen molar-refractivity contribution >= 4 is 5.97 Å². The lowest BCUT2D eigenvalue weighted by atomic mass is 9.95. The summed E-state index contributed by atoms with van der Waals surface area (Å²) in [5.41, 5.74) is 0. The van der Waals surface area contributed by atoms with Gasteiger partial charge < -0.3 is 4.74 Å². The summed E-state index contributed by atoms with van der Waals surface area (Å²) >= 11 is 0. The van der Waals surface area contributed by atoms with E-state index in [9.17, 15) is 4.79 Å². The second kappa shape index (κ2) is 2.01. The van der Waals surface area contributed by atoms with Crippen molar-refractivity contribution in [3.63, 3.8) is 0 Å². The van der Waals surface area contributed by atoms with Gasteiger partial charge >= 0.3 is 5.97 Å². The summed E-state index contributed by atoms with van der Waals surface area (Å²) in [5.74, 6) is 0.437. The Morgan fingerprint density at radius 2 is 1.89 bits per heavy atom. The lowest BCUT2D eigenvalue weighted by Gasteiger charge is -2.06. The second-order valence-electron chi connectivity index (χ2n) is 2.79. The summed E-state index contributed by atoms with van der Waals surface area (Å²) < 4.78 is 4.95. The fraction of sp³-hybridized carbons (Fsp3) is 0.857. The number of carbonyl (C=O) groups is 1. The predicted octanol–water partition coefficient (Wildman–Crippen LogP) is 1.20. The third-order valence-corrected chi connectivity index (χ3v) is 2.20. The SMILES string of the molecule is C[C@H]1[C@@H](C)OC(=O)[C@@H]1C. The van der Waals surface area contributed by atoms with Crippen LogP contribution in [-0.4, -0.2) is 12.1 Å². The number of esters is 1. The number of cyclic esters (lactones) is 1. The molecule has 0 amide bonds. The molecule has 1 fully saturated rings. The maximum atomic E-state index is 10.8. The van der Waals surface area contributed by atoms with Gasteiger partial charge in [-0.1, -0.05) is 13.8 Å². The lowest BCUT2D eigenvalue weighted by molar-refractivity contribution is -0.143. The maximum Gasteiger partial charge on any atom is 0.309 e. The zero-order chi connectivity index (χ0) is 7.02. The van der Waals surface area contributed by atoms with Crippen LogP contribution in [0.15, 0.2) is 0 Å². The quantitative estimate of drug-likeness (QED) is 0.458. The van der Waals surface area contributed by atoms with Crippen molar-refractivity contribution in [1.29, 1.82) is 0 Å². The van der Waals surface area contributed by atoms with Crippen LogP contribution in [0.2, 0.25) is 0 Å². The van der Waals surface area contributed by atoms with E-state index in [0.29, 0.717) is 5.92 Å². The molecule has 3 atom stereocenters. The van der Waals surface area contributed by atoms with Gasteiger partial charge in [-0.2, -0.15) is 0 Å². The lowest BCUT2D eigenvalue weighted by Crippen LogP contribution is -2.11. The van der Waals surface area contributed by atoms with Crippen LogP contribution < -0.4 is 0 Å². The highest BCUT2D eigenvalue weighted by Gasteiger charge is 2.35. The van der Waals surface area contributed by atoms with Crippen LogP contribution in [0.25, 0.3) is 0 Å². The van der Waals surface area contributed by atoms with E-state index in [4.69, 9.17) is 4.74 Å². The highest BCUT2D eigenvalue weighted by atomic mass is 16.6. The van der Waals surface area contributed by atoms with Gasteiger partial charge in [-0.15, -0.1) is 0 Å². The monoisotopic (exact) mass is 128 g/mol. The van der Waals surface area contributed by atoms with Crippen molar-refractivity contribution in [1.82, 2.24) is 0 Å². The van der Waals surface area contributed by atoms with Crippen LogP contribution in [0.1, 0.15) is 20.8 Å². The average Bonchev–Trinajstić information content (AvgIpc) is 1.98. The Balaban J connectivity index is 2.65. The van der Waals surface area contributed by atoms with Gasteiger partial charge in [0.25, 0.3) is 0 Å². The minimum atomic E-state index is -0.0463. The number of rotatable bonds is 0. The number of hydrogen-bond acceptors (Lipinski definition) is 2. The zero-order valence-electron chi connectivity index (χ0n) is 6.05. The first kappa shape index (κ1) is 6.59. The van der Waals surface area contributed by atoms with Crippen LogP contribution >= 0.6 is 0 Å². The van der Waals surface area contributed by atoms with Gasteiger partial charge in [0.2, 0.25) is 0 Å². The Bertz CT molecular complexity index is 131. The standard InChI is InChI=1S/C7H12O2/c1-4-5(2)7(8)9-6(4)3/h4-6H,1-3H3/t4-,5-,6-/m1/s1. The van der Waals surface area contributed by atoms with Crippen molar-refractivity contribution in [2.24, 2.45) is 11.8 Å². The largest absolute Gasteiger partial charge is 0.462 e. The topological polar surface area (TPSA) is 26.3 Å². The molecule has 0 radical (unpaired) electrons. The molecule has 0 N–H and O–H groups in total. The Labute approximate surface area is 55.2 Å². The molecule has 0 aromatic rings. The molecular weight excluding hydrogens is 116 g/mol. The van der Waals surface area contributed by atoms with Crippen LogP contribution in [0.3, 0.4) is 0 Å². The number of hydrogen-bond donors (Lipinski definition) is 0. The number of carbonyl (C=O) groups excluding carboxylic acids is 1. The first-order valence-corrected chi connectivity index (χ1v) is 3.33. The van der Waals surface area contributed by atoms with Crippen molar-refractivity contribution in [3.05, 3.63) is 0 Å². The summed E-state index contributed by atoms with van der Waals surface area (Å²) in [4.78, 5) is 10.8. The van der Waals surface area contributed by atoms with E-state index in [-0.39, 0.29) is 18.0 Å².